The fraction of sp³-hybridized carbons (Fsp3) is 1.00. The highest BCUT2D eigenvalue weighted by Gasteiger charge is 2.38. The number of rotatable bonds is 1. The van der Waals surface area contributed by atoms with Crippen LogP contribution in [0.4, 0.5) is 0 Å². The van der Waals surface area contributed by atoms with Gasteiger partial charge in [-0.25, -0.2) is 9.34 Å². The van der Waals surface area contributed by atoms with Crippen LogP contribution in [-0.2, 0) is 4.52 Å². The Morgan fingerprint density at radius 1 is 1.60 bits per heavy atom. The van der Waals surface area contributed by atoms with Gasteiger partial charge in [-0.3, -0.25) is 0 Å². The predicted octanol–water partition coefficient (Wildman–Crippen LogP) is 0.180. The summed E-state index contributed by atoms with van der Waals surface area (Å²) in [6, 6.07) is 0. The third-order valence-electron chi connectivity index (χ3n) is 1.65. The standard InChI is InChI=1S/C5H14N2O2P/c1-6(2)10(8)7(3)4-5-9-10/h8H,4-5H2,1-3H3. The molecule has 1 fully saturated rings. The summed E-state index contributed by atoms with van der Waals surface area (Å²) < 4.78 is 8.85. The molecule has 1 unspecified atom stereocenters. The Morgan fingerprint density at radius 2 is 2.20 bits per heavy atom. The predicted molar refractivity (Wildman–Crippen MR) is 41.4 cm³/mol. The van der Waals surface area contributed by atoms with Crippen LogP contribution in [0.5, 0.6) is 0 Å². The second kappa shape index (κ2) is 2.72. The molecular weight excluding hydrogens is 151 g/mol. The minimum Gasteiger partial charge on any atom is -0.333 e. The zero-order valence-electron chi connectivity index (χ0n) is 6.61. The summed E-state index contributed by atoms with van der Waals surface area (Å²) >= 11 is 0. The molecule has 0 aromatic carbocycles. The van der Waals surface area contributed by atoms with Crippen LogP contribution in [0, 0.1) is 0 Å². The van der Waals surface area contributed by atoms with Crippen molar-refractivity contribution in [1.82, 2.24) is 9.34 Å². The molecule has 1 saturated heterocycles. The van der Waals surface area contributed by atoms with Gasteiger partial charge in [-0.1, -0.05) is 0 Å². The fourth-order valence-corrected chi connectivity index (χ4v) is 2.65. The summed E-state index contributed by atoms with van der Waals surface area (Å²) in [6.45, 7) is 1.46. The van der Waals surface area contributed by atoms with Crippen molar-refractivity contribution in [2.75, 3.05) is 34.3 Å². The van der Waals surface area contributed by atoms with Gasteiger partial charge in [0.05, 0.1) is 6.61 Å². The maximum atomic E-state index is 9.78. The van der Waals surface area contributed by atoms with E-state index in [9.17, 15) is 4.89 Å². The van der Waals surface area contributed by atoms with Gasteiger partial charge < -0.3 is 9.42 Å². The average Bonchev–Trinajstić information content (AvgIpc) is 2.15. The van der Waals surface area contributed by atoms with E-state index in [1.807, 2.05) is 25.8 Å². The monoisotopic (exact) mass is 165 g/mol. The van der Waals surface area contributed by atoms with E-state index in [1.165, 1.54) is 0 Å². The molecule has 1 radical (unpaired) electrons. The van der Waals surface area contributed by atoms with Crippen molar-refractivity contribution in [2.24, 2.45) is 0 Å². The summed E-state index contributed by atoms with van der Waals surface area (Å²) in [5.74, 6) is 0. The van der Waals surface area contributed by atoms with Crippen molar-refractivity contribution in [3.05, 3.63) is 0 Å². The smallest absolute Gasteiger partial charge is 0.245 e. The molecule has 0 aromatic rings. The highest BCUT2D eigenvalue weighted by molar-refractivity contribution is 7.60. The van der Waals surface area contributed by atoms with Crippen molar-refractivity contribution in [2.45, 2.75) is 0 Å². The Labute approximate surface area is 62.0 Å². The molecule has 0 aromatic heterocycles. The molecule has 1 rings (SSSR count). The molecule has 1 aliphatic rings. The first kappa shape index (κ1) is 8.37. The van der Waals surface area contributed by atoms with Crippen LogP contribution in [0.25, 0.3) is 0 Å². The molecule has 0 aliphatic carbocycles. The molecule has 61 valence electrons. The summed E-state index contributed by atoms with van der Waals surface area (Å²) in [6.07, 6.45) is 0. The van der Waals surface area contributed by atoms with Gasteiger partial charge in [-0.15, -0.1) is 0 Å². The first-order valence-corrected chi connectivity index (χ1v) is 4.79. The van der Waals surface area contributed by atoms with Crippen LogP contribution in [0.3, 0.4) is 0 Å². The number of nitrogens with zero attached hydrogens (tertiary/aromatic N) is 2. The lowest BCUT2D eigenvalue weighted by Gasteiger charge is -2.35. The minimum absolute atomic E-state index is 0.638. The van der Waals surface area contributed by atoms with Gasteiger partial charge in [0.15, 0.2) is 0 Å². The molecule has 1 heterocycles. The lowest BCUT2D eigenvalue weighted by molar-refractivity contribution is 0.286. The van der Waals surface area contributed by atoms with Crippen LogP contribution >= 0.6 is 8.02 Å². The first-order chi connectivity index (χ1) is 4.57. The Morgan fingerprint density at radius 3 is 2.40 bits per heavy atom. The van der Waals surface area contributed by atoms with Crippen LogP contribution in [0.15, 0.2) is 0 Å². The van der Waals surface area contributed by atoms with E-state index in [4.69, 9.17) is 4.52 Å². The van der Waals surface area contributed by atoms with Gasteiger partial charge >= 0.3 is 0 Å². The van der Waals surface area contributed by atoms with E-state index >= 15 is 0 Å². The van der Waals surface area contributed by atoms with Crippen molar-refractivity contribution < 1.29 is 9.42 Å². The molecular formula is C5H14N2O2P. The summed E-state index contributed by atoms with van der Waals surface area (Å²) in [4.78, 5) is 9.78. The summed E-state index contributed by atoms with van der Waals surface area (Å²) in [7, 11) is 3.22. The Balaban J connectivity index is 2.66. The molecule has 5 heteroatoms. The lowest BCUT2D eigenvalue weighted by atomic mass is 10.7. The average molecular weight is 165 g/mol. The summed E-state index contributed by atoms with van der Waals surface area (Å²) in [5.41, 5.74) is 0. The molecule has 10 heavy (non-hydrogen) atoms. The van der Waals surface area contributed by atoms with E-state index < -0.39 is 8.02 Å². The number of hydrogen-bond donors (Lipinski definition) is 1. The topological polar surface area (TPSA) is 35.9 Å². The highest BCUT2D eigenvalue weighted by Crippen LogP contribution is 2.62. The Hall–Kier alpha value is 0.270. The normalized spacial score (nSPS) is 35.7. The van der Waals surface area contributed by atoms with Crippen molar-refractivity contribution >= 4 is 8.02 Å². The van der Waals surface area contributed by atoms with E-state index in [0.717, 1.165) is 6.54 Å². The van der Waals surface area contributed by atoms with E-state index in [-0.39, 0.29) is 0 Å². The van der Waals surface area contributed by atoms with Crippen molar-refractivity contribution in [3.8, 4) is 0 Å². The highest BCUT2D eigenvalue weighted by atomic mass is 31.2. The third-order valence-corrected chi connectivity index (χ3v) is 4.31. The lowest BCUT2D eigenvalue weighted by Crippen LogP contribution is -2.24. The van der Waals surface area contributed by atoms with E-state index in [2.05, 4.69) is 0 Å². The zero-order chi connectivity index (χ0) is 7.78. The van der Waals surface area contributed by atoms with E-state index in [1.54, 1.807) is 4.67 Å². The molecule has 1 atom stereocenters. The van der Waals surface area contributed by atoms with Gasteiger partial charge in [-0.2, -0.15) is 0 Å². The molecule has 0 bridgehead atoms. The molecule has 1 aliphatic heterocycles. The fourth-order valence-electron chi connectivity index (χ4n) is 0.945. The van der Waals surface area contributed by atoms with Gasteiger partial charge in [0.1, 0.15) is 0 Å². The molecule has 0 amide bonds. The maximum Gasteiger partial charge on any atom is 0.245 e. The van der Waals surface area contributed by atoms with Gasteiger partial charge in [0.25, 0.3) is 0 Å². The Bertz CT molecular complexity index is 133. The molecule has 0 spiro atoms. The SMILES string of the molecule is CN(C)[P]1(O)OCCN1C. The Kier molecular flexibility index (Phi) is 2.28. The molecule has 1 N–H and O–H groups in total. The van der Waals surface area contributed by atoms with Crippen molar-refractivity contribution in [1.29, 1.82) is 0 Å². The van der Waals surface area contributed by atoms with Crippen molar-refractivity contribution in [3.63, 3.8) is 0 Å². The minimum atomic E-state index is -2.32. The number of likely N-dealkylation sites (N-methyl/N-ethyl adjacent to an activating group) is 1. The van der Waals surface area contributed by atoms with Crippen LogP contribution in [-0.4, -0.2) is 48.5 Å². The second-order valence-electron chi connectivity index (χ2n) is 2.57. The third kappa shape index (κ3) is 1.18. The van der Waals surface area contributed by atoms with E-state index in [0.29, 0.717) is 6.61 Å². The van der Waals surface area contributed by atoms with Crippen LogP contribution in [0.1, 0.15) is 0 Å². The van der Waals surface area contributed by atoms with Gasteiger partial charge in [0.2, 0.25) is 8.02 Å². The quantitative estimate of drug-likeness (QED) is 0.562. The first-order valence-electron chi connectivity index (χ1n) is 3.23. The molecule has 4 nitrogen and oxygen atoms in total. The second-order valence-corrected chi connectivity index (χ2v) is 5.34. The van der Waals surface area contributed by atoms with Gasteiger partial charge in [0, 0.05) is 6.54 Å². The summed E-state index contributed by atoms with van der Waals surface area (Å²) in [5, 5.41) is 0. The molecule has 0 saturated carbocycles. The van der Waals surface area contributed by atoms with Gasteiger partial charge in [-0.05, 0) is 21.1 Å². The number of hydrogen-bond acceptors (Lipinski definition) is 4. The zero-order valence-corrected chi connectivity index (χ0v) is 7.51. The van der Waals surface area contributed by atoms with Crippen LogP contribution < -0.4 is 0 Å². The van der Waals surface area contributed by atoms with Crippen LogP contribution in [0.2, 0.25) is 0 Å². The largest absolute Gasteiger partial charge is 0.333 e. The maximum absolute atomic E-state index is 9.78.